The molecule has 2 heteroatoms. The Labute approximate surface area is 242 Å². The first-order valence-electron chi connectivity index (χ1n) is 14.2. The normalized spacial score (nSPS) is 14.0. The summed E-state index contributed by atoms with van der Waals surface area (Å²) in [5, 5.41) is 10.4. The minimum absolute atomic E-state index is 0.191. The van der Waals surface area contributed by atoms with Crippen LogP contribution in [0.4, 0.5) is 0 Å². The number of benzene rings is 7. The van der Waals surface area contributed by atoms with E-state index < -0.39 is 0 Å². The van der Waals surface area contributed by atoms with Crippen molar-refractivity contribution in [1.82, 2.24) is 0 Å². The smallest absolute Gasteiger partial charge is 0.149 e. The number of ether oxygens (including phenoxy) is 1. The molecule has 8 aromatic rings. The quantitative estimate of drug-likeness (QED) is 0.187. The average molecular weight is 543 g/mol. The van der Waals surface area contributed by atoms with Gasteiger partial charge < -0.3 is 4.74 Å². The Hall–Kier alpha value is -4.66. The molecule has 0 saturated carbocycles. The summed E-state index contributed by atoms with van der Waals surface area (Å²) in [4.78, 5) is 0. The highest BCUT2D eigenvalue weighted by Gasteiger charge is 2.36. The van der Waals surface area contributed by atoms with E-state index in [-0.39, 0.29) is 5.41 Å². The molecule has 1 nitrogen and oxygen atoms in total. The van der Waals surface area contributed by atoms with E-state index >= 15 is 0 Å². The van der Waals surface area contributed by atoms with E-state index in [4.69, 9.17) is 4.74 Å². The van der Waals surface area contributed by atoms with Crippen LogP contribution >= 0.6 is 11.3 Å². The van der Waals surface area contributed by atoms with Crippen LogP contribution in [0.1, 0.15) is 25.0 Å². The third-order valence-electron chi connectivity index (χ3n) is 9.12. The number of hydrogen-bond acceptors (Lipinski definition) is 2. The molecule has 0 N–H and O–H groups in total. The van der Waals surface area contributed by atoms with Crippen molar-refractivity contribution in [2.45, 2.75) is 19.3 Å². The monoisotopic (exact) mass is 542 g/mol. The van der Waals surface area contributed by atoms with E-state index in [9.17, 15) is 0 Å². The van der Waals surface area contributed by atoms with E-state index in [1.165, 1.54) is 74.7 Å². The highest BCUT2D eigenvalue weighted by atomic mass is 32.1. The highest BCUT2D eigenvalue weighted by Crippen LogP contribution is 2.53. The lowest BCUT2D eigenvalue weighted by molar-refractivity contribution is 0.424. The van der Waals surface area contributed by atoms with Crippen molar-refractivity contribution in [2.24, 2.45) is 0 Å². The first-order chi connectivity index (χ1) is 20.1. The zero-order chi connectivity index (χ0) is 27.3. The van der Waals surface area contributed by atoms with Crippen LogP contribution in [-0.2, 0) is 5.41 Å². The van der Waals surface area contributed by atoms with Crippen LogP contribution in [0.3, 0.4) is 0 Å². The van der Waals surface area contributed by atoms with Gasteiger partial charge in [-0.05, 0) is 67.7 Å². The van der Waals surface area contributed by atoms with Crippen LogP contribution in [0.2, 0.25) is 0 Å². The second-order valence-electron chi connectivity index (χ2n) is 11.7. The van der Waals surface area contributed by atoms with Gasteiger partial charge in [0, 0.05) is 32.0 Å². The molecule has 1 aromatic heterocycles. The van der Waals surface area contributed by atoms with Crippen molar-refractivity contribution in [1.29, 1.82) is 0 Å². The van der Waals surface area contributed by atoms with E-state index in [0.717, 1.165) is 11.5 Å². The fourth-order valence-electron chi connectivity index (χ4n) is 6.99. The molecule has 7 aromatic carbocycles. The molecular weight excluding hydrogens is 516 g/mol. The lowest BCUT2D eigenvalue weighted by atomic mass is 9.75. The molecule has 194 valence electrons. The molecule has 2 heterocycles. The molecule has 0 atom stereocenters. The van der Waals surface area contributed by atoms with Gasteiger partial charge in [-0.25, -0.2) is 0 Å². The Morgan fingerprint density at radius 2 is 1.05 bits per heavy atom. The Balaban J connectivity index is 1.22. The van der Waals surface area contributed by atoms with Gasteiger partial charge in [-0.3, -0.25) is 0 Å². The van der Waals surface area contributed by atoms with Gasteiger partial charge in [0.1, 0.15) is 11.5 Å². The standard InChI is InChI=1S/C39H26OS/c1-39(2)33-19-18-31-30-13-7-8-14-36(30)41-38(31)37(33)40-35-20-16-24(22-34(35)39)23-15-17-29-27-11-4-3-9-25(27)26-10-5-6-12-28(26)32(29)21-23/h3-22H,1-2H3. The van der Waals surface area contributed by atoms with Crippen molar-refractivity contribution in [3.05, 3.63) is 132 Å². The molecule has 0 unspecified atom stereocenters. The lowest BCUT2D eigenvalue weighted by Crippen LogP contribution is -2.24. The van der Waals surface area contributed by atoms with E-state index in [1.54, 1.807) is 0 Å². The van der Waals surface area contributed by atoms with E-state index in [2.05, 4.69) is 135 Å². The molecule has 0 fully saturated rings. The van der Waals surface area contributed by atoms with Gasteiger partial charge in [-0.15, -0.1) is 11.3 Å². The van der Waals surface area contributed by atoms with Crippen LogP contribution in [0.25, 0.3) is 63.6 Å². The molecule has 1 aliphatic heterocycles. The highest BCUT2D eigenvalue weighted by molar-refractivity contribution is 7.26. The Bertz CT molecular complexity index is 2340. The number of fused-ring (bicyclic) bond motifs is 12. The van der Waals surface area contributed by atoms with Gasteiger partial charge >= 0.3 is 0 Å². The Morgan fingerprint density at radius 1 is 0.488 bits per heavy atom. The summed E-state index contributed by atoms with van der Waals surface area (Å²) >= 11 is 1.83. The second kappa shape index (κ2) is 8.19. The van der Waals surface area contributed by atoms with Crippen LogP contribution in [0.5, 0.6) is 11.5 Å². The predicted octanol–water partition coefficient (Wildman–Crippen LogP) is 11.6. The summed E-state index contributed by atoms with van der Waals surface area (Å²) in [5.74, 6) is 1.96. The van der Waals surface area contributed by atoms with Gasteiger partial charge in [0.2, 0.25) is 0 Å². The Kier molecular flexibility index (Phi) is 4.61. The summed E-state index contributed by atoms with van der Waals surface area (Å²) in [6.07, 6.45) is 0. The maximum atomic E-state index is 6.73. The van der Waals surface area contributed by atoms with Crippen LogP contribution in [0, 0.1) is 0 Å². The van der Waals surface area contributed by atoms with Crippen molar-refractivity contribution in [2.75, 3.05) is 0 Å². The Morgan fingerprint density at radius 3 is 1.78 bits per heavy atom. The molecule has 0 saturated heterocycles. The molecular formula is C39H26OS. The first-order valence-corrected chi connectivity index (χ1v) is 15.0. The van der Waals surface area contributed by atoms with Gasteiger partial charge in [-0.1, -0.05) is 111 Å². The molecule has 0 radical (unpaired) electrons. The molecule has 0 bridgehead atoms. The van der Waals surface area contributed by atoms with Crippen LogP contribution in [0.15, 0.2) is 121 Å². The summed E-state index contributed by atoms with van der Waals surface area (Å²) < 4.78 is 9.27. The molecule has 41 heavy (non-hydrogen) atoms. The molecule has 0 spiro atoms. The van der Waals surface area contributed by atoms with Gasteiger partial charge in [0.05, 0.1) is 4.70 Å². The van der Waals surface area contributed by atoms with Crippen LogP contribution < -0.4 is 4.74 Å². The van der Waals surface area contributed by atoms with Gasteiger partial charge in [0.15, 0.2) is 0 Å². The third-order valence-corrected chi connectivity index (χ3v) is 10.3. The summed E-state index contributed by atoms with van der Waals surface area (Å²) in [5.41, 5.74) is 4.72. The zero-order valence-corrected chi connectivity index (χ0v) is 23.7. The topological polar surface area (TPSA) is 9.23 Å². The van der Waals surface area contributed by atoms with Crippen molar-refractivity contribution < 1.29 is 4.74 Å². The van der Waals surface area contributed by atoms with E-state index in [0.29, 0.717) is 0 Å². The largest absolute Gasteiger partial charge is 0.455 e. The maximum Gasteiger partial charge on any atom is 0.149 e. The van der Waals surface area contributed by atoms with Crippen LogP contribution in [-0.4, -0.2) is 0 Å². The second-order valence-corrected chi connectivity index (χ2v) is 12.8. The average Bonchev–Trinajstić information content (AvgIpc) is 3.40. The van der Waals surface area contributed by atoms with E-state index in [1.807, 2.05) is 11.3 Å². The molecule has 0 aliphatic carbocycles. The minimum Gasteiger partial charge on any atom is -0.455 e. The number of rotatable bonds is 1. The minimum atomic E-state index is -0.191. The summed E-state index contributed by atoms with van der Waals surface area (Å²) in [6, 6.07) is 44.4. The third kappa shape index (κ3) is 3.17. The zero-order valence-electron chi connectivity index (χ0n) is 22.9. The summed E-state index contributed by atoms with van der Waals surface area (Å²) in [6.45, 7) is 4.66. The maximum absolute atomic E-state index is 6.73. The number of thiophene rings is 1. The SMILES string of the molecule is CC1(C)c2cc(-c3ccc4c5ccccc5c5ccccc5c4c3)ccc2Oc2c1ccc1c2sc2ccccc21. The van der Waals surface area contributed by atoms with Crippen molar-refractivity contribution in [3.63, 3.8) is 0 Å². The predicted molar refractivity (Wildman–Crippen MR) is 176 cm³/mol. The number of hydrogen-bond donors (Lipinski definition) is 0. The molecule has 9 rings (SSSR count). The fourth-order valence-corrected chi connectivity index (χ4v) is 8.17. The lowest BCUT2D eigenvalue weighted by Gasteiger charge is -2.35. The molecule has 0 amide bonds. The molecule has 1 aliphatic rings. The van der Waals surface area contributed by atoms with Crippen molar-refractivity contribution in [3.8, 4) is 22.6 Å². The van der Waals surface area contributed by atoms with Crippen molar-refractivity contribution >= 4 is 63.8 Å². The van der Waals surface area contributed by atoms with Gasteiger partial charge in [-0.2, -0.15) is 0 Å². The van der Waals surface area contributed by atoms with Gasteiger partial charge in [0.25, 0.3) is 0 Å². The fraction of sp³-hybridized carbons (Fsp3) is 0.0769. The first kappa shape index (κ1) is 23.1. The summed E-state index contributed by atoms with van der Waals surface area (Å²) in [7, 11) is 0.